The number of carbonyl (C=O) groups is 1. The molecule has 28 heavy (non-hydrogen) atoms. The number of benzene rings is 1. The van der Waals surface area contributed by atoms with Crippen LogP contribution in [0.15, 0.2) is 29.2 Å². The molecule has 1 aliphatic heterocycles. The topological polar surface area (TPSA) is 72.8 Å². The summed E-state index contributed by atoms with van der Waals surface area (Å²) in [5.41, 5.74) is 0.294. The van der Waals surface area contributed by atoms with Crippen molar-refractivity contribution in [1.29, 1.82) is 0 Å². The Kier molecular flexibility index (Phi) is 8.58. The molecule has 158 valence electrons. The molecule has 1 aliphatic rings. The van der Waals surface area contributed by atoms with Gasteiger partial charge in [-0.15, -0.1) is 0 Å². The quantitative estimate of drug-likeness (QED) is 0.665. The average molecular weight is 414 g/mol. The van der Waals surface area contributed by atoms with Gasteiger partial charge in [-0.25, -0.2) is 4.79 Å². The Bertz CT molecular complexity index is 612. The van der Waals surface area contributed by atoms with E-state index in [0.29, 0.717) is 17.2 Å². The van der Waals surface area contributed by atoms with Gasteiger partial charge in [0.15, 0.2) is 4.90 Å². The van der Waals surface area contributed by atoms with E-state index in [1.165, 1.54) is 0 Å². The predicted octanol–water partition coefficient (Wildman–Crippen LogP) is 4.57. The maximum atomic E-state index is 12.4. The number of alkyl halides is 1. The van der Waals surface area contributed by atoms with Crippen molar-refractivity contribution in [1.82, 2.24) is 4.90 Å². The van der Waals surface area contributed by atoms with Crippen LogP contribution < -0.4 is 0 Å². The van der Waals surface area contributed by atoms with Crippen molar-refractivity contribution in [3.63, 3.8) is 0 Å². The fourth-order valence-corrected chi connectivity index (χ4v) is 3.97. The fraction of sp³-hybridized carbons (Fsp3) is 0.667. The molecular weight excluding hydrogens is 381 g/mol. The van der Waals surface area contributed by atoms with E-state index in [0.717, 1.165) is 44.3 Å². The summed E-state index contributed by atoms with van der Waals surface area (Å²) in [5, 5.41) is 10.3. The van der Waals surface area contributed by atoms with Gasteiger partial charge in [0.2, 0.25) is 6.01 Å². The summed E-state index contributed by atoms with van der Waals surface area (Å²) in [5.74, 6) is 0.556. The first-order chi connectivity index (χ1) is 13.2. The number of likely N-dealkylation sites (tertiary alicyclic amines) is 1. The van der Waals surface area contributed by atoms with Crippen LogP contribution in [0.2, 0.25) is 0 Å². The van der Waals surface area contributed by atoms with E-state index >= 15 is 0 Å². The SMILES string of the molecule is CC(C)(C)OC(=O)N1CCC(CCCC(O)c2ccc([S+]([O-])CF)cc2)CC1. The first-order valence-corrected chi connectivity index (χ1v) is 11.2. The molecule has 2 unspecified atom stereocenters. The van der Waals surface area contributed by atoms with E-state index in [1.54, 1.807) is 29.2 Å². The van der Waals surface area contributed by atoms with Crippen molar-refractivity contribution in [2.75, 3.05) is 19.1 Å². The molecule has 0 aliphatic carbocycles. The molecular formula is C21H32FNO4S. The number of amides is 1. The minimum Gasteiger partial charge on any atom is -0.609 e. The number of piperidine rings is 1. The van der Waals surface area contributed by atoms with Crippen LogP contribution in [0.1, 0.15) is 64.5 Å². The maximum absolute atomic E-state index is 12.4. The monoisotopic (exact) mass is 413 g/mol. The largest absolute Gasteiger partial charge is 0.609 e. The number of nitrogens with zero attached hydrogens (tertiary/aromatic N) is 1. The van der Waals surface area contributed by atoms with Gasteiger partial charge in [0.05, 0.1) is 6.10 Å². The van der Waals surface area contributed by atoms with Crippen LogP contribution in [-0.4, -0.2) is 45.3 Å². The highest BCUT2D eigenvalue weighted by molar-refractivity contribution is 7.91. The lowest BCUT2D eigenvalue weighted by Gasteiger charge is -2.33. The van der Waals surface area contributed by atoms with E-state index in [9.17, 15) is 18.8 Å². The summed E-state index contributed by atoms with van der Waals surface area (Å²) in [6.07, 6.45) is 3.67. The standard InChI is InChI=1S/C21H32FNO4S/c1-21(2,3)27-20(25)23-13-11-16(12-14-23)5-4-6-19(24)17-7-9-18(10-8-17)28(26)15-22/h7-10,16,19,24H,4-6,11-15H2,1-3H3. The Morgan fingerprint density at radius 2 is 1.93 bits per heavy atom. The van der Waals surface area contributed by atoms with Crippen LogP contribution in [0, 0.1) is 5.92 Å². The molecule has 1 N–H and O–H groups in total. The van der Waals surface area contributed by atoms with Crippen LogP contribution in [-0.2, 0) is 15.9 Å². The van der Waals surface area contributed by atoms with Gasteiger partial charge < -0.3 is 19.3 Å². The zero-order chi connectivity index (χ0) is 20.7. The Balaban J connectivity index is 1.69. The second-order valence-electron chi connectivity index (χ2n) is 8.38. The Morgan fingerprint density at radius 1 is 1.32 bits per heavy atom. The molecule has 0 saturated carbocycles. The summed E-state index contributed by atoms with van der Waals surface area (Å²) in [7, 11) is 0. The van der Waals surface area contributed by atoms with Crippen molar-refractivity contribution >= 4 is 17.3 Å². The van der Waals surface area contributed by atoms with Gasteiger partial charge in [-0.05, 0) is 63.6 Å². The highest BCUT2D eigenvalue weighted by atomic mass is 32.2. The third-order valence-corrected chi connectivity index (χ3v) is 5.98. The van der Waals surface area contributed by atoms with E-state index < -0.39 is 28.9 Å². The molecule has 5 nitrogen and oxygen atoms in total. The number of carbonyl (C=O) groups excluding carboxylic acids is 1. The number of rotatable bonds is 7. The van der Waals surface area contributed by atoms with Crippen LogP contribution in [0.4, 0.5) is 9.18 Å². The van der Waals surface area contributed by atoms with Gasteiger partial charge in [0.25, 0.3) is 0 Å². The molecule has 1 amide bonds. The van der Waals surface area contributed by atoms with E-state index in [4.69, 9.17) is 4.74 Å². The number of aliphatic hydroxyl groups excluding tert-OH is 1. The minimum absolute atomic E-state index is 0.237. The Morgan fingerprint density at radius 3 is 2.46 bits per heavy atom. The van der Waals surface area contributed by atoms with Crippen LogP contribution in [0.5, 0.6) is 0 Å². The number of ether oxygens (including phenoxy) is 1. The zero-order valence-corrected chi connectivity index (χ0v) is 17.8. The smallest absolute Gasteiger partial charge is 0.410 e. The summed E-state index contributed by atoms with van der Waals surface area (Å²) in [6, 6.07) is 5.76. The van der Waals surface area contributed by atoms with Crippen molar-refractivity contribution in [3.05, 3.63) is 29.8 Å². The maximum Gasteiger partial charge on any atom is 0.410 e. The Labute approximate surface area is 170 Å². The second kappa shape index (κ2) is 10.5. The lowest BCUT2D eigenvalue weighted by Crippen LogP contribution is -2.41. The zero-order valence-electron chi connectivity index (χ0n) is 17.0. The van der Waals surface area contributed by atoms with Crippen molar-refractivity contribution in [2.24, 2.45) is 5.92 Å². The van der Waals surface area contributed by atoms with Crippen LogP contribution in [0.25, 0.3) is 0 Å². The number of halogens is 1. The lowest BCUT2D eigenvalue weighted by atomic mass is 9.90. The van der Waals surface area contributed by atoms with Gasteiger partial charge in [-0.3, -0.25) is 0 Å². The van der Waals surface area contributed by atoms with Gasteiger partial charge in [0.1, 0.15) is 5.60 Å². The third-order valence-electron chi connectivity index (χ3n) is 4.98. The van der Waals surface area contributed by atoms with Gasteiger partial charge in [-0.1, -0.05) is 25.0 Å². The molecule has 2 atom stereocenters. The predicted molar refractivity (Wildman–Crippen MR) is 108 cm³/mol. The normalized spacial score (nSPS) is 18.0. The molecule has 0 radical (unpaired) electrons. The number of aliphatic hydroxyl groups is 1. The molecule has 1 saturated heterocycles. The number of hydrogen-bond acceptors (Lipinski definition) is 4. The molecule has 0 spiro atoms. The van der Waals surface area contributed by atoms with E-state index in [1.807, 2.05) is 20.8 Å². The molecule has 1 fully saturated rings. The van der Waals surface area contributed by atoms with Crippen molar-refractivity contribution < 1.29 is 23.6 Å². The fourth-order valence-electron chi connectivity index (χ4n) is 3.40. The minimum atomic E-state index is -1.62. The van der Waals surface area contributed by atoms with E-state index in [2.05, 4.69) is 0 Å². The van der Waals surface area contributed by atoms with Gasteiger partial charge in [0, 0.05) is 24.3 Å². The molecule has 1 aromatic carbocycles. The lowest BCUT2D eigenvalue weighted by molar-refractivity contribution is 0.0179. The molecule has 1 aromatic rings. The first kappa shape index (κ1) is 23.0. The van der Waals surface area contributed by atoms with E-state index in [-0.39, 0.29) is 6.09 Å². The summed E-state index contributed by atoms with van der Waals surface area (Å²) in [4.78, 5) is 14.3. The summed E-state index contributed by atoms with van der Waals surface area (Å²) >= 11 is -1.62. The molecule has 7 heteroatoms. The summed E-state index contributed by atoms with van der Waals surface area (Å²) < 4.78 is 29.3. The average Bonchev–Trinajstić information content (AvgIpc) is 2.66. The molecule has 0 aromatic heterocycles. The first-order valence-electron chi connectivity index (χ1n) is 9.90. The number of hydrogen-bond donors (Lipinski definition) is 1. The van der Waals surface area contributed by atoms with Gasteiger partial charge >= 0.3 is 6.09 Å². The van der Waals surface area contributed by atoms with Gasteiger partial charge in [-0.2, -0.15) is 4.39 Å². The van der Waals surface area contributed by atoms with Crippen molar-refractivity contribution in [2.45, 2.75) is 69.5 Å². The molecule has 0 bridgehead atoms. The Hall–Kier alpha value is -1.31. The summed E-state index contributed by atoms with van der Waals surface area (Å²) in [6.45, 7) is 7.05. The highest BCUT2D eigenvalue weighted by Gasteiger charge is 2.26. The van der Waals surface area contributed by atoms with Crippen LogP contribution in [0.3, 0.4) is 0 Å². The highest BCUT2D eigenvalue weighted by Crippen LogP contribution is 2.27. The molecule has 2 rings (SSSR count). The third kappa shape index (κ3) is 7.26. The second-order valence-corrected chi connectivity index (χ2v) is 9.76. The van der Waals surface area contributed by atoms with Crippen LogP contribution >= 0.6 is 0 Å². The van der Waals surface area contributed by atoms with Crippen molar-refractivity contribution in [3.8, 4) is 0 Å². The molecule has 1 heterocycles.